The highest BCUT2D eigenvalue weighted by molar-refractivity contribution is 7.47. The van der Waals surface area contributed by atoms with Crippen LogP contribution in [-0.4, -0.2) is 65.7 Å². The van der Waals surface area contributed by atoms with Crippen LogP contribution >= 0.6 is 7.82 Å². The van der Waals surface area contributed by atoms with Crippen molar-refractivity contribution in [2.24, 2.45) is 0 Å². The van der Waals surface area contributed by atoms with Gasteiger partial charge in [0, 0.05) is 12.8 Å². The number of esters is 2. The Morgan fingerprint density at radius 3 is 1.56 bits per heavy atom. The van der Waals surface area contributed by atoms with Crippen molar-refractivity contribution in [1.29, 1.82) is 0 Å². The number of carbonyl (C=O) groups is 2. The van der Waals surface area contributed by atoms with Gasteiger partial charge in [0.05, 0.1) is 19.8 Å². The maximum atomic E-state index is 12.4. The first-order chi connectivity index (χ1) is 19.7. The van der Waals surface area contributed by atoms with E-state index in [1.54, 1.807) is 0 Å². The van der Waals surface area contributed by atoms with Crippen LogP contribution in [0, 0.1) is 0 Å². The van der Waals surface area contributed by atoms with E-state index in [-0.39, 0.29) is 19.4 Å². The van der Waals surface area contributed by atoms with E-state index in [1.165, 1.54) is 70.6 Å². The van der Waals surface area contributed by atoms with Gasteiger partial charge in [0.25, 0.3) is 0 Å². The molecule has 0 aromatic heterocycles. The lowest BCUT2D eigenvalue weighted by Crippen LogP contribution is -2.29. The van der Waals surface area contributed by atoms with Gasteiger partial charge in [0.1, 0.15) is 12.7 Å². The lowest BCUT2D eigenvalue weighted by molar-refractivity contribution is -0.161. The third-order valence-electron chi connectivity index (χ3n) is 6.76. The summed E-state index contributed by atoms with van der Waals surface area (Å²) in [6, 6.07) is 0. The topological polar surface area (TPSA) is 149 Å². The zero-order valence-electron chi connectivity index (χ0n) is 25.8. The predicted molar refractivity (Wildman–Crippen MR) is 159 cm³/mol. The van der Waals surface area contributed by atoms with Crippen molar-refractivity contribution in [3.8, 4) is 0 Å². The summed E-state index contributed by atoms with van der Waals surface area (Å²) >= 11 is 0. The zero-order chi connectivity index (χ0) is 30.6. The fourth-order valence-electron chi connectivity index (χ4n) is 4.23. The van der Waals surface area contributed by atoms with Crippen LogP contribution in [-0.2, 0) is 32.7 Å². The molecular formula is C30H59O10P. The number of aliphatic hydroxyl groups excluding tert-OH is 2. The molecule has 0 aromatic carbocycles. The van der Waals surface area contributed by atoms with Crippen molar-refractivity contribution in [3.63, 3.8) is 0 Å². The molecule has 0 aliphatic carbocycles. The van der Waals surface area contributed by atoms with Crippen molar-refractivity contribution >= 4 is 19.8 Å². The zero-order valence-corrected chi connectivity index (χ0v) is 26.7. The van der Waals surface area contributed by atoms with Gasteiger partial charge >= 0.3 is 19.8 Å². The molecule has 0 spiro atoms. The van der Waals surface area contributed by atoms with Gasteiger partial charge < -0.3 is 24.6 Å². The monoisotopic (exact) mass is 610 g/mol. The van der Waals surface area contributed by atoms with Crippen molar-refractivity contribution in [3.05, 3.63) is 0 Å². The highest BCUT2D eigenvalue weighted by Crippen LogP contribution is 2.43. The van der Waals surface area contributed by atoms with E-state index >= 15 is 0 Å². The molecule has 0 heterocycles. The lowest BCUT2D eigenvalue weighted by atomic mass is 10.0. The molecule has 0 amide bonds. The van der Waals surface area contributed by atoms with Crippen molar-refractivity contribution in [2.75, 3.05) is 26.4 Å². The summed E-state index contributed by atoms with van der Waals surface area (Å²) in [6.07, 6.45) is 18.9. The largest absolute Gasteiger partial charge is 0.472 e. The normalized spacial score (nSPS) is 14.4. The fourth-order valence-corrected chi connectivity index (χ4v) is 5.02. The van der Waals surface area contributed by atoms with E-state index in [2.05, 4.69) is 11.4 Å². The van der Waals surface area contributed by atoms with Gasteiger partial charge in [0.15, 0.2) is 6.10 Å². The third kappa shape index (κ3) is 27.5. The van der Waals surface area contributed by atoms with E-state index in [4.69, 9.17) is 19.1 Å². The molecule has 41 heavy (non-hydrogen) atoms. The molecule has 3 N–H and O–H groups in total. The van der Waals surface area contributed by atoms with E-state index in [0.717, 1.165) is 32.1 Å². The number of rotatable bonds is 30. The summed E-state index contributed by atoms with van der Waals surface area (Å²) in [5.41, 5.74) is 0. The molecule has 244 valence electrons. The summed E-state index contributed by atoms with van der Waals surface area (Å²) < 4.78 is 32.1. The van der Waals surface area contributed by atoms with Crippen LogP contribution in [0.15, 0.2) is 0 Å². The van der Waals surface area contributed by atoms with E-state index in [0.29, 0.717) is 12.8 Å². The smallest absolute Gasteiger partial charge is 0.462 e. The Labute approximate surface area is 248 Å². The molecular weight excluding hydrogens is 551 g/mol. The van der Waals surface area contributed by atoms with Gasteiger partial charge in [-0.05, 0) is 12.8 Å². The molecule has 3 atom stereocenters. The first-order valence-electron chi connectivity index (χ1n) is 16.0. The molecule has 0 aliphatic heterocycles. The number of phosphoric ester groups is 1. The lowest BCUT2D eigenvalue weighted by Gasteiger charge is -2.20. The average molecular weight is 611 g/mol. The molecule has 0 aromatic rings. The second-order valence-corrected chi connectivity index (χ2v) is 12.3. The number of aliphatic hydroxyl groups is 2. The number of unbranched alkanes of at least 4 members (excludes halogenated alkanes) is 16. The standard InChI is InChI=1S/C30H59O10P/c1-3-5-7-8-9-10-11-12-13-14-15-16-17-18-20-22-30(34)40-28(25-37-29(33)21-19-6-4-2)26-39-41(35,36)38-24-27(32)23-31/h27-28,31-32H,3-26H2,1-2H3,(H,35,36). The maximum Gasteiger partial charge on any atom is 0.472 e. The predicted octanol–water partition coefficient (Wildman–Crippen LogP) is 6.77. The highest BCUT2D eigenvalue weighted by Gasteiger charge is 2.27. The van der Waals surface area contributed by atoms with Crippen LogP contribution in [0.3, 0.4) is 0 Å². The highest BCUT2D eigenvalue weighted by atomic mass is 31.2. The Balaban J connectivity index is 4.21. The molecule has 0 fully saturated rings. The SMILES string of the molecule is CCCCCCCCCCCCCCCCCC(=O)OC(COC(=O)CCCCC)COP(=O)(O)OCC(O)CO. The summed E-state index contributed by atoms with van der Waals surface area (Å²) in [4.78, 5) is 34.1. The van der Waals surface area contributed by atoms with Crippen molar-refractivity contribution in [2.45, 2.75) is 154 Å². The van der Waals surface area contributed by atoms with Crippen LogP contribution in [0.4, 0.5) is 0 Å². The minimum absolute atomic E-state index is 0.190. The number of phosphoric acid groups is 1. The van der Waals surface area contributed by atoms with Crippen LogP contribution in [0.2, 0.25) is 0 Å². The molecule has 0 bridgehead atoms. The van der Waals surface area contributed by atoms with Crippen molar-refractivity contribution in [1.82, 2.24) is 0 Å². The van der Waals surface area contributed by atoms with Crippen LogP contribution in [0.1, 0.15) is 142 Å². The molecule has 10 nitrogen and oxygen atoms in total. The second-order valence-electron chi connectivity index (χ2n) is 10.8. The average Bonchev–Trinajstić information content (AvgIpc) is 2.95. The first kappa shape index (κ1) is 40.0. The van der Waals surface area contributed by atoms with Gasteiger partial charge in [-0.3, -0.25) is 18.6 Å². The third-order valence-corrected chi connectivity index (χ3v) is 7.71. The molecule has 0 radical (unpaired) electrons. The summed E-state index contributed by atoms with van der Waals surface area (Å²) in [7, 11) is -4.58. The molecule has 11 heteroatoms. The number of ether oxygens (including phenoxy) is 2. The molecule has 0 saturated heterocycles. The van der Waals surface area contributed by atoms with Gasteiger partial charge in [0.2, 0.25) is 0 Å². The maximum absolute atomic E-state index is 12.4. The Morgan fingerprint density at radius 1 is 0.634 bits per heavy atom. The summed E-state index contributed by atoms with van der Waals surface area (Å²) in [6.45, 7) is 2.17. The van der Waals surface area contributed by atoms with Crippen LogP contribution < -0.4 is 0 Å². The molecule has 0 rings (SSSR count). The van der Waals surface area contributed by atoms with Gasteiger partial charge in [-0.1, -0.05) is 117 Å². The molecule has 0 saturated carbocycles. The second kappa shape index (κ2) is 27.8. The number of carbonyl (C=O) groups excluding carboxylic acids is 2. The van der Waals surface area contributed by atoms with E-state index in [9.17, 15) is 24.2 Å². The van der Waals surface area contributed by atoms with Gasteiger partial charge in [-0.25, -0.2) is 4.57 Å². The quantitative estimate of drug-likeness (QED) is 0.0452. The Hall–Kier alpha value is -1.03. The van der Waals surface area contributed by atoms with E-state index < -0.39 is 51.8 Å². The Kier molecular flexibility index (Phi) is 27.1. The Bertz CT molecular complexity index is 676. The van der Waals surface area contributed by atoms with Gasteiger partial charge in [-0.15, -0.1) is 0 Å². The number of hydrogen-bond donors (Lipinski definition) is 3. The van der Waals surface area contributed by atoms with Crippen LogP contribution in [0.25, 0.3) is 0 Å². The van der Waals surface area contributed by atoms with Crippen LogP contribution in [0.5, 0.6) is 0 Å². The first-order valence-corrected chi connectivity index (χ1v) is 17.5. The minimum atomic E-state index is -4.58. The minimum Gasteiger partial charge on any atom is -0.462 e. The van der Waals surface area contributed by atoms with E-state index in [1.807, 2.05) is 6.92 Å². The Morgan fingerprint density at radius 2 is 1.05 bits per heavy atom. The van der Waals surface area contributed by atoms with Gasteiger partial charge in [-0.2, -0.15) is 0 Å². The summed E-state index contributed by atoms with van der Waals surface area (Å²) in [5, 5.41) is 18.1. The fraction of sp³-hybridized carbons (Fsp3) is 0.933. The molecule has 3 unspecified atom stereocenters. The molecule has 0 aliphatic rings. The number of hydrogen-bond acceptors (Lipinski definition) is 9. The van der Waals surface area contributed by atoms with Crippen molar-refractivity contribution < 1.29 is 47.8 Å². The summed E-state index contributed by atoms with van der Waals surface area (Å²) in [5.74, 6) is -0.948.